The molecular formula is C4H2NO3. The molecule has 0 saturated carbocycles. The van der Waals surface area contributed by atoms with Gasteiger partial charge < -0.3 is 4.42 Å². The zero-order valence-electron chi connectivity index (χ0n) is 3.83. The molecule has 0 atom stereocenters. The van der Waals surface area contributed by atoms with E-state index in [1.54, 1.807) is 0 Å². The molecule has 4 heteroatoms. The highest BCUT2D eigenvalue weighted by atomic mass is 16.6. The number of furan rings is 1. The van der Waals surface area contributed by atoms with E-state index in [4.69, 9.17) is 0 Å². The molecule has 0 bridgehead atoms. The van der Waals surface area contributed by atoms with Gasteiger partial charge >= 0.3 is 5.69 Å². The predicted octanol–water partition coefficient (Wildman–Crippen LogP) is 0.988. The van der Waals surface area contributed by atoms with Crippen molar-refractivity contribution in [1.82, 2.24) is 0 Å². The lowest BCUT2D eigenvalue weighted by Crippen LogP contribution is -1.82. The maximum absolute atomic E-state index is 9.78. The number of nitro groups is 1. The minimum Gasteiger partial charge on any atom is -0.454 e. The summed E-state index contributed by atoms with van der Waals surface area (Å²) >= 11 is 0. The van der Waals surface area contributed by atoms with Gasteiger partial charge in [-0.05, 0) is 0 Å². The predicted molar refractivity (Wildman–Crippen MR) is 24.2 cm³/mol. The van der Waals surface area contributed by atoms with Crippen molar-refractivity contribution in [1.29, 1.82) is 0 Å². The fraction of sp³-hybridized carbons (Fsp3) is 0. The van der Waals surface area contributed by atoms with Crippen molar-refractivity contribution in [2.75, 3.05) is 0 Å². The third-order valence-electron chi connectivity index (χ3n) is 0.654. The summed E-state index contributed by atoms with van der Waals surface area (Å²) < 4.78 is 4.31. The van der Waals surface area contributed by atoms with E-state index < -0.39 is 4.92 Å². The Labute approximate surface area is 44.9 Å². The van der Waals surface area contributed by atoms with Gasteiger partial charge in [0.25, 0.3) is 6.26 Å². The average Bonchev–Trinajstić information content (AvgIpc) is 2.12. The highest BCUT2D eigenvalue weighted by Crippen LogP contribution is 2.07. The lowest BCUT2D eigenvalue weighted by Gasteiger charge is -1.75. The van der Waals surface area contributed by atoms with Gasteiger partial charge in [0.15, 0.2) is 0 Å². The molecule has 0 unspecified atom stereocenters. The second-order valence-electron chi connectivity index (χ2n) is 1.17. The van der Waals surface area contributed by atoms with Crippen molar-refractivity contribution in [2.24, 2.45) is 0 Å². The first kappa shape index (κ1) is 4.83. The van der Waals surface area contributed by atoms with Crippen molar-refractivity contribution >= 4 is 5.69 Å². The second kappa shape index (κ2) is 1.65. The van der Waals surface area contributed by atoms with Crippen molar-refractivity contribution in [3.63, 3.8) is 0 Å². The molecule has 0 aliphatic rings. The first-order chi connectivity index (χ1) is 3.80. The van der Waals surface area contributed by atoms with Gasteiger partial charge in [-0.3, -0.25) is 10.1 Å². The molecule has 0 aromatic carbocycles. The first-order valence-corrected chi connectivity index (χ1v) is 1.90. The van der Waals surface area contributed by atoms with Gasteiger partial charge in [-0.1, -0.05) is 0 Å². The van der Waals surface area contributed by atoms with Gasteiger partial charge in [0.05, 0.1) is 17.3 Å². The van der Waals surface area contributed by atoms with Crippen LogP contribution in [0.3, 0.4) is 0 Å². The third kappa shape index (κ3) is 0.676. The first-order valence-electron chi connectivity index (χ1n) is 1.90. The molecule has 0 N–H and O–H groups in total. The molecule has 0 spiro atoms. The lowest BCUT2D eigenvalue weighted by atomic mass is 10.6. The summed E-state index contributed by atoms with van der Waals surface area (Å²) in [6.45, 7) is 0. The van der Waals surface area contributed by atoms with E-state index in [1.165, 1.54) is 12.3 Å². The zero-order chi connectivity index (χ0) is 5.98. The summed E-state index contributed by atoms with van der Waals surface area (Å²) in [6.07, 6.45) is 3.27. The van der Waals surface area contributed by atoms with Crippen LogP contribution in [-0.2, 0) is 0 Å². The van der Waals surface area contributed by atoms with Gasteiger partial charge in [0.2, 0.25) is 0 Å². The van der Waals surface area contributed by atoms with Crippen LogP contribution < -0.4 is 0 Å². The van der Waals surface area contributed by atoms with Crippen molar-refractivity contribution < 1.29 is 9.34 Å². The molecule has 8 heavy (non-hydrogen) atoms. The number of nitrogens with zero attached hydrogens (tertiary/aromatic N) is 1. The SMILES string of the molecule is O=[N+]([O-])c1[c]occ1. The van der Waals surface area contributed by atoms with Gasteiger partial charge in [0, 0.05) is 0 Å². The van der Waals surface area contributed by atoms with Crippen LogP contribution in [0.15, 0.2) is 16.7 Å². The Hall–Kier alpha value is -1.32. The summed E-state index contributed by atoms with van der Waals surface area (Å²) in [5.41, 5.74) is -0.134. The smallest absolute Gasteiger partial charge is 0.318 e. The van der Waals surface area contributed by atoms with Crippen LogP contribution in [0.2, 0.25) is 0 Å². The number of rotatable bonds is 1. The summed E-state index contributed by atoms with van der Waals surface area (Å²) in [6, 6.07) is 1.24. The summed E-state index contributed by atoms with van der Waals surface area (Å²) in [5, 5.41) is 9.78. The highest BCUT2D eigenvalue weighted by Gasteiger charge is 2.04. The van der Waals surface area contributed by atoms with E-state index in [9.17, 15) is 10.1 Å². The van der Waals surface area contributed by atoms with Crippen LogP contribution in [0.25, 0.3) is 0 Å². The molecule has 0 aliphatic heterocycles. The average molecular weight is 112 g/mol. The molecule has 1 aromatic heterocycles. The Balaban J connectivity index is 2.93. The molecule has 0 aliphatic carbocycles. The van der Waals surface area contributed by atoms with Crippen molar-refractivity contribution in [3.05, 3.63) is 28.7 Å². The molecule has 0 saturated heterocycles. The zero-order valence-corrected chi connectivity index (χ0v) is 3.83. The Morgan fingerprint density at radius 1 is 1.88 bits per heavy atom. The van der Waals surface area contributed by atoms with Gasteiger partial charge in [0.1, 0.15) is 0 Å². The molecule has 41 valence electrons. The van der Waals surface area contributed by atoms with Gasteiger partial charge in [-0.2, -0.15) is 0 Å². The largest absolute Gasteiger partial charge is 0.454 e. The van der Waals surface area contributed by atoms with Crippen molar-refractivity contribution in [2.45, 2.75) is 0 Å². The Kier molecular flexibility index (Phi) is 0.997. The fourth-order valence-corrected chi connectivity index (χ4v) is 0.325. The van der Waals surface area contributed by atoms with Crippen LogP contribution in [-0.4, -0.2) is 4.92 Å². The van der Waals surface area contributed by atoms with Gasteiger partial charge in [-0.15, -0.1) is 0 Å². The van der Waals surface area contributed by atoms with E-state index in [1.807, 2.05) is 0 Å². The van der Waals surface area contributed by atoms with Crippen molar-refractivity contribution in [3.8, 4) is 0 Å². The molecule has 1 aromatic rings. The molecule has 1 heterocycles. The van der Waals surface area contributed by atoms with Crippen LogP contribution in [0.1, 0.15) is 0 Å². The Morgan fingerprint density at radius 2 is 2.62 bits per heavy atom. The summed E-state index contributed by atoms with van der Waals surface area (Å²) in [7, 11) is 0. The van der Waals surface area contributed by atoms with Gasteiger partial charge in [-0.25, -0.2) is 0 Å². The minimum atomic E-state index is -0.566. The number of hydrogen-bond acceptors (Lipinski definition) is 3. The van der Waals surface area contributed by atoms with E-state index in [0.717, 1.165) is 0 Å². The lowest BCUT2D eigenvalue weighted by molar-refractivity contribution is -0.385. The molecule has 0 fully saturated rings. The van der Waals surface area contributed by atoms with E-state index >= 15 is 0 Å². The minimum absolute atomic E-state index is 0.134. The molecule has 4 nitrogen and oxygen atoms in total. The standard InChI is InChI=1S/C4H2NO3/c6-5(7)4-1-2-8-3-4/h1-2H. The maximum Gasteiger partial charge on any atom is 0.318 e. The normalized spacial score (nSPS) is 9.00. The van der Waals surface area contributed by atoms with E-state index in [0.29, 0.717) is 0 Å². The Morgan fingerprint density at radius 3 is 2.88 bits per heavy atom. The highest BCUT2D eigenvalue weighted by molar-refractivity contribution is 5.19. The molecule has 1 rings (SSSR count). The molecule has 1 radical (unpaired) electrons. The molecule has 0 amide bonds. The van der Waals surface area contributed by atoms with Crippen LogP contribution in [0.5, 0.6) is 0 Å². The molecular weight excluding hydrogens is 110 g/mol. The summed E-state index contributed by atoms with van der Waals surface area (Å²) in [5.74, 6) is 0. The maximum atomic E-state index is 9.78. The monoisotopic (exact) mass is 112 g/mol. The van der Waals surface area contributed by atoms with E-state index in [2.05, 4.69) is 10.7 Å². The van der Waals surface area contributed by atoms with Crippen LogP contribution >= 0.6 is 0 Å². The third-order valence-corrected chi connectivity index (χ3v) is 0.654. The van der Waals surface area contributed by atoms with Crippen LogP contribution in [0, 0.1) is 16.4 Å². The topological polar surface area (TPSA) is 56.3 Å². The quantitative estimate of drug-likeness (QED) is 0.402. The summed E-state index contributed by atoms with van der Waals surface area (Å²) in [4.78, 5) is 9.21. The van der Waals surface area contributed by atoms with Crippen LogP contribution in [0.4, 0.5) is 5.69 Å². The number of hydrogen-bond donors (Lipinski definition) is 0. The second-order valence-corrected chi connectivity index (χ2v) is 1.17. The Bertz CT molecular complexity index is 179. The fourth-order valence-electron chi connectivity index (χ4n) is 0.325. The van der Waals surface area contributed by atoms with E-state index in [-0.39, 0.29) is 5.69 Å².